The van der Waals surface area contributed by atoms with Crippen LogP contribution in [-0.2, 0) is 0 Å². The number of nitrogens with one attached hydrogen (secondary N) is 1. The highest BCUT2D eigenvalue weighted by Crippen LogP contribution is 2.24. The molecule has 1 unspecified atom stereocenters. The van der Waals surface area contributed by atoms with E-state index in [9.17, 15) is 0 Å². The first-order valence-electron chi connectivity index (χ1n) is 5.35. The molecule has 14 heavy (non-hydrogen) atoms. The lowest BCUT2D eigenvalue weighted by Crippen LogP contribution is -2.64. The summed E-state index contributed by atoms with van der Waals surface area (Å²) in [6.07, 6.45) is 0.620. The van der Waals surface area contributed by atoms with Gasteiger partial charge in [0.25, 0.3) is 0 Å². The molecule has 0 saturated carbocycles. The fourth-order valence-electron chi connectivity index (χ4n) is 2.63. The van der Waals surface area contributed by atoms with Crippen molar-refractivity contribution in [3.63, 3.8) is 0 Å². The molecule has 0 radical (unpaired) electrons. The van der Waals surface area contributed by atoms with Gasteiger partial charge in [0.2, 0.25) is 0 Å². The van der Waals surface area contributed by atoms with E-state index >= 15 is 0 Å². The van der Waals surface area contributed by atoms with Gasteiger partial charge in [-0.15, -0.1) is 0 Å². The van der Waals surface area contributed by atoms with Gasteiger partial charge >= 0.3 is 0 Å². The molecule has 1 atom stereocenters. The largest absolute Gasteiger partial charge is 0.313 e. The zero-order chi connectivity index (χ0) is 10.8. The van der Waals surface area contributed by atoms with E-state index in [1.807, 2.05) is 0 Å². The number of nitrogens with zero attached hydrogens (tertiary/aromatic N) is 2. The summed E-state index contributed by atoms with van der Waals surface area (Å²) in [5.74, 6) is 0. The zero-order valence-corrected chi connectivity index (χ0v) is 9.67. The molecule has 1 rings (SSSR count). The first kappa shape index (κ1) is 11.5. The second kappa shape index (κ2) is 4.29. The van der Waals surface area contributed by atoms with E-state index in [1.165, 1.54) is 0 Å². The molecular weight excluding hydrogens is 174 g/mol. The van der Waals surface area contributed by atoms with Gasteiger partial charge in [-0.2, -0.15) is 5.26 Å². The Morgan fingerprint density at radius 1 is 1.57 bits per heavy atom. The first-order chi connectivity index (χ1) is 6.49. The molecule has 1 fully saturated rings. The van der Waals surface area contributed by atoms with Crippen LogP contribution >= 0.6 is 0 Å². The Morgan fingerprint density at radius 3 is 2.71 bits per heavy atom. The third kappa shape index (κ3) is 2.26. The normalized spacial score (nSPS) is 27.6. The lowest BCUT2D eigenvalue weighted by molar-refractivity contribution is 0.0109. The van der Waals surface area contributed by atoms with Gasteiger partial charge in [-0.05, 0) is 27.7 Å². The highest BCUT2D eigenvalue weighted by atomic mass is 15.3. The molecule has 1 aliphatic heterocycles. The molecular formula is C11H21N3. The number of hydrogen-bond donors (Lipinski definition) is 1. The second-order valence-electron chi connectivity index (χ2n) is 4.96. The Bertz CT molecular complexity index is 227. The van der Waals surface area contributed by atoms with Crippen molar-refractivity contribution in [1.82, 2.24) is 10.2 Å². The molecule has 1 heterocycles. The quantitative estimate of drug-likeness (QED) is 0.723. The molecule has 0 aliphatic carbocycles. The second-order valence-corrected chi connectivity index (χ2v) is 4.96. The smallest absolute Gasteiger partial charge is 0.0638 e. The lowest BCUT2D eigenvalue weighted by atomic mass is 9.93. The Labute approximate surface area is 87.1 Å². The van der Waals surface area contributed by atoms with Crippen molar-refractivity contribution in [2.24, 2.45) is 0 Å². The summed E-state index contributed by atoms with van der Waals surface area (Å²) in [4.78, 5) is 2.46. The highest BCUT2D eigenvalue weighted by Gasteiger charge is 2.37. The van der Waals surface area contributed by atoms with Crippen LogP contribution < -0.4 is 5.32 Å². The fraction of sp³-hybridized carbons (Fsp3) is 0.909. The van der Waals surface area contributed by atoms with Gasteiger partial charge in [-0.1, -0.05) is 0 Å². The summed E-state index contributed by atoms with van der Waals surface area (Å²) in [7, 11) is 0. The van der Waals surface area contributed by atoms with Crippen molar-refractivity contribution in [1.29, 1.82) is 5.26 Å². The molecule has 1 N–H and O–H groups in total. The van der Waals surface area contributed by atoms with Crippen molar-refractivity contribution < 1.29 is 0 Å². The lowest BCUT2D eigenvalue weighted by Gasteiger charge is -2.50. The van der Waals surface area contributed by atoms with Crippen molar-refractivity contribution in [3.8, 4) is 6.07 Å². The predicted octanol–water partition coefficient (Wildman–Crippen LogP) is 1.36. The molecule has 0 bridgehead atoms. The van der Waals surface area contributed by atoms with Crippen LogP contribution in [0.15, 0.2) is 0 Å². The standard InChI is InChI=1S/C11H21N3/c1-9(2)14-10(5-6-12)7-13-8-11(14,3)4/h9-10,13H,5,7-8H2,1-4H3. The fourth-order valence-corrected chi connectivity index (χ4v) is 2.63. The summed E-state index contributed by atoms with van der Waals surface area (Å²) in [5.41, 5.74) is 0.161. The van der Waals surface area contributed by atoms with Crippen LogP contribution in [0.2, 0.25) is 0 Å². The Morgan fingerprint density at radius 2 is 2.21 bits per heavy atom. The maximum Gasteiger partial charge on any atom is 0.0638 e. The summed E-state index contributed by atoms with van der Waals surface area (Å²) in [6, 6.07) is 3.15. The summed E-state index contributed by atoms with van der Waals surface area (Å²) in [6.45, 7) is 10.8. The minimum atomic E-state index is 0.161. The van der Waals surface area contributed by atoms with Gasteiger partial charge in [-0.25, -0.2) is 0 Å². The van der Waals surface area contributed by atoms with Gasteiger partial charge < -0.3 is 5.32 Å². The highest BCUT2D eigenvalue weighted by molar-refractivity contribution is 4.98. The average Bonchev–Trinajstić information content (AvgIpc) is 2.01. The third-order valence-electron chi connectivity index (χ3n) is 2.91. The van der Waals surface area contributed by atoms with Crippen molar-refractivity contribution in [2.75, 3.05) is 13.1 Å². The minimum Gasteiger partial charge on any atom is -0.313 e. The number of nitriles is 1. The van der Waals surface area contributed by atoms with Crippen LogP contribution in [0.25, 0.3) is 0 Å². The molecule has 3 heteroatoms. The van der Waals surface area contributed by atoms with E-state index < -0.39 is 0 Å². The molecule has 0 spiro atoms. The van der Waals surface area contributed by atoms with Gasteiger partial charge in [0.1, 0.15) is 0 Å². The van der Waals surface area contributed by atoms with Crippen molar-refractivity contribution >= 4 is 0 Å². The van der Waals surface area contributed by atoms with Gasteiger partial charge in [-0.3, -0.25) is 4.90 Å². The molecule has 3 nitrogen and oxygen atoms in total. The third-order valence-corrected chi connectivity index (χ3v) is 2.91. The molecule has 0 aromatic rings. The Kier molecular flexibility index (Phi) is 3.52. The zero-order valence-electron chi connectivity index (χ0n) is 9.67. The van der Waals surface area contributed by atoms with Gasteiger partial charge in [0, 0.05) is 30.7 Å². The van der Waals surface area contributed by atoms with Crippen LogP contribution in [-0.4, -0.2) is 35.6 Å². The summed E-state index contributed by atoms with van der Waals surface area (Å²) >= 11 is 0. The topological polar surface area (TPSA) is 39.1 Å². The molecule has 0 aromatic carbocycles. The van der Waals surface area contributed by atoms with E-state index in [2.05, 4.69) is 44.0 Å². The number of hydrogen-bond acceptors (Lipinski definition) is 3. The molecule has 1 aliphatic rings. The van der Waals surface area contributed by atoms with Gasteiger partial charge in [0.05, 0.1) is 12.5 Å². The SMILES string of the molecule is CC(C)N1C(CC#N)CNCC1(C)C. The Balaban J connectivity index is 2.80. The molecule has 0 amide bonds. The monoisotopic (exact) mass is 195 g/mol. The van der Waals surface area contributed by atoms with Crippen LogP contribution in [0.4, 0.5) is 0 Å². The van der Waals surface area contributed by atoms with E-state index in [4.69, 9.17) is 5.26 Å². The maximum atomic E-state index is 8.78. The summed E-state index contributed by atoms with van der Waals surface area (Å²) in [5, 5.41) is 12.2. The van der Waals surface area contributed by atoms with E-state index in [0.29, 0.717) is 18.5 Å². The van der Waals surface area contributed by atoms with Crippen LogP contribution in [0.5, 0.6) is 0 Å². The maximum absolute atomic E-state index is 8.78. The van der Waals surface area contributed by atoms with Crippen LogP contribution in [0, 0.1) is 11.3 Å². The molecule has 0 aromatic heterocycles. The van der Waals surface area contributed by atoms with E-state index in [1.54, 1.807) is 0 Å². The summed E-state index contributed by atoms with van der Waals surface area (Å²) < 4.78 is 0. The predicted molar refractivity (Wildman–Crippen MR) is 57.9 cm³/mol. The molecule has 1 saturated heterocycles. The van der Waals surface area contributed by atoms with Crippen LogP contribution in [0.3, 0.4) is 0 Å². The Hall–Kier alpha value is -0.590. The van der Waals surface area contributed by atoms with Crippen molar-refractivity contribution in [2.45, 2.75) is 51.7 Å². The van der Waals surface area contributed by atoms with E-state index in [0.717, 1.165) is 13.1 Å². The number of piperazine rings is 1. The average molecular weight is 195 g/mol. The molecule has 80 valence electrons. The first-order valence-corrected chi connectivity index (χ1v) is 5.35. The van der Waals surface area contributed by atoms with Crippen LogP contribution in [0.1, 0.15) is 34.1 Å². The van der Waals surface area contributed by atoms with Gasteiger partial charge in [0.15, 0.2) is 0 Å². The minimum absolute atomic E-state index is 0.161. The number of rotatable bonds is 2. The van der Waals surface area contributed by atoms with E-state index in [-0.39, 0.29) is 5.54 Å². The van der Waals surface area contributed by atoms with Crippen molar-refractivity contribution in [3.05, 3.63) is 0 Å².